The first-order chi connectivity index (χ1) is 14.5. The van der Waals surface area contributed by atoms with Crippen LogP contribution in [0.3, 0.4) is 0 Å². The number of amides is 2. The zero-order valence-electron chi connectivity index (χ0n) is 19.2. The molecule has 3 saturated heterocycles. The van der Waals surface area contributed by atoms with Gasteiger partial charge in [0.2, 0.25) is 11.8 Å². The minimum absolute atomic E-state index is 0. The number of nitrogens with zero attached hydrogens (tertiary/aromatic N) is 2. The molecule has 3 aliphatic heterocycles. The van der Waals surface area contributed by atoms with Crippen LogP contribution in [0.4, 0.5) is 0 Å². The molecule has 3 fully saturated rings. The van der Waals surface area contributed by atoms with Crippen LogP contribution in [0.2, 0.25) is 0 Å². The van der Waals surface area contributed by atoms with E-state index in [1.165, 1.54) is 5.56 Å². The summed E-state index contributed by atoms with van der Waals surface area (Å²) in [4.78, 5) is 30.8. The SMILES string of the molecule is CC(C)[C@H](NC(=O)[C@@H]1CCCN1)C(=O)N1CCC2CCN(Cc3ccccc3)CC21.Cl.Cl. The smallest absolute Gasteiger partial charge is 0.245 e. The Labute approximate surface area is 204 Å². The van der Waals surface area contributed by atoms with E-state index < -0.39 is 6.04 Å². The van der Waals surface area contributed by atoms with Gasteiger partial charge in [0, 0.05) is 25.7 Å². The third-order valence-corrected chi connectivity index (χ3v) is 7.09. The summed E-state index contributed by atoms with van der Waals surface area (Å²) < 4.78 is 0. The zero-order valence-corrected chi connectivity index (χ0v) is 20.8. The minimum atomic E-state index is -0.442. The van der Waals surface area contributed by atoms with Crippen LogP contribution < -0.4 is 10.6 Å². The fourth-order valence-electron chi connectivity index (χ4n) is 5.32. The van der Waals surface area contributed by atoms with Crippen LogP contribution in [0.1, 0.15) is 45.1 Å². The molecule has 4 atom stereocenters. The lowest BCUT2D eigenvalue weighted by atomic mass is 9.91. The van der Waals surface area contributed by atoms with E-state index in [1.54, 1.807) is 0 Å². The molecule has 1 aromatic carbocycles. The number of fused-ring (bicyclic) bond motifs is 1. The fourth-order valence-corrected chi connectivity index (χ4v) is 5.32. The standard InChI is InChI=1S/C24H36N4O2.2ClH/c1-17(2)22(26-23(29)20-9-6-12-25-20)24(30)28-14-11-19-10-13-27(16-21(19)28)15-18-7-4-3-5-8-18;;/h3-5,7-8,17,19-22,25H,6,9-16H2,1-2H3,(H,26,29);2*1H/t19?,20-,21?,22-;;/m0../s1. The van der Waals surface area contributed by atoms with Gasteiger partial charge in [0.25, 0.3) is 0 Å². The van der Waals surface area contributed by atoms with Gasteiger partial charge in [-0.15, -0.1) is 24.8 Å². The first-order valence-corrected chi connectivity index (χ1v) is 11.6. The molecular weight excluding hydrogens is 447 g/mol. The Bertz CT molecular complexity index is 743. The van der Waals surface area contributed by atoms with Crippen LogP contribution >= 0.6 is 24.8 Å². The summed E-state index contributed by atoms with van der Waals surface area (Å²) >= 11 is 0. The molecule has 0 radical (unpaired) electrons. The molecule has 2 N–H and O–H groups in total. The van der Waals surface area contributed by atoms with Crippen LogP contribution in [0.15, 0.2) is 30.3 Å². The lowest BCUT2D eigenvalue weighted by Gasteiger charge is -2.40. The van der Waals surface area contributed by atoms with Crippen LogP contribution in [0, 0.1) is 11.8 Å². The molecule has 180 valence electrons. The maximum absolute atomic E-state index is 13.5. The number of likely N-dealkylation sites (tertiary alicyclic amines) is 2. The van der Waals surface area contributed by atoms with Gasteiger partial charge in [-0.05, 0) is 56.2 Å². The quantitative estimate of drug-likeness (QED) is 0.651. The van der Waals surface area contributed by atoms with Crippen molar-refractivity contribution in [3.8, 4) is 0 Å². The third kappa shape index (κ3) is 6.16. The van der Waals surface area contributed by atoms with E-state index in [2.05, 4.69) is 50.8 Å². The molecule has 0 aromatic heterocycles. The molecule has 3 heterocycles. The number of piperidine rings is 1. The van der Waals surface area contributed by atoms with Crippen LogP contribution in [0.5, 0.6) is 0 Å². The van der Waals surface area contributed by atoms with E-state index in [0.29, 0.717) is 5.92 Å². The van der Waals surface area contributed by atoms with Crippen molar-refractivity contribution >= 4 is 36.6 Å². The van der Waals surface area contributed by atoms with Crippen molar-refractivity contribution in [2.45, 2.75) is 64.2 Å². The van der Waals surface area contributed by atoms with Gasteiger partial charge in [-0.2, -0.15) is 0 Å². The van der Waals surface area contributed by atoms with Gasteiger partial charge in [0.1, 0.15) is 6.04 Å². The molecule has 2 amide bonds. The van der Waals surface area contributed by atoms with E-state index in [9.17, 15) is 9.59 Å². The highest BCUT2D eigenvalue weighted by molar-refractivity contribution is 5.90. The second kappa shape index (κ2) is 12.2. The van der Waals surface area contributed by atoms with Gasteiger partial charge in [-0.1, -0.05) is 44.2 Å². The maximum Gasteiger partial charge on any atom is 0.245 e. The monoisotopic (exact) mass is 484 g/mol. The van der Waals surface area contributed by atoms with E-state index in [1.807, 2.05) is 13.8 Å². The van der Waals surface area contributed by atoms with Gasteiger partial charge < -0.3 is 15.5 Å². The Morgan fingerprint density at radius 3 is 2.47 bits per heavy atom. The molecule has 32 heavy (non-hydrogen) atoms. The van der Waals surface area contributed by atoms with E-state index in [-0.39, 0.29) is 54.6 Å². The molecule has 0 bridgehead atoms. The number of carbonyl (C=O) groups is 2. The highest BCUT2D eigenvalue weighted by Gasteiger charge is 2.43. The third-order valence-electron chi connectivity index (χ3n) is 7.09. The normalized spacial score (nSPS) is 26.1. The lowest BCUT2D eigenvalue weighted by Crippen LogP contribution is -2.57. The Kier molecular flexibility index (Phi) is 10.3. The summed E-state index contributed by atoms with van der Waals surface area (Å²) in [5, 5.41) is 6.32. The number of nitrogens with one attached hydrogen (secondary N) is 2. The largest absolute Gasteiger partial charge is 0.343 e. The predicted molar refractivity (Wildman–Crippen MR) is 132 cm³/mol. The molecule has 4 rings (SSSR count). The first-order valence-electron chi connectivity index (χ1n) is 11.6. The Morgan fingerprint density at radius 2 is 1.81 bits per heavy atom. The lowest BCUT2D eigenvalue weighted by molar-refractivity contribution is -0.139. The van der Waals surface area contributed by atoms with Crippen molar-refractivity contribution in [3.05, 3.63) is 35.9 Å². The number of rotatable bonds is 6. The Balaban J connectivity index is 0.00000181. The zero-order chi connectivity index (χ0) is 21.1. The second-order valence-electron chi connectivity index (χ2n) is 9.54. The van der Waals surface area contributed by atoms with Crippen molar-refractivity contribution in [2.24, 2.45) is 11.8 Å². The van der Waals surface area contributed by atoms with Crippen molar-refractivity contribution in [1.82, 2.24) is 20.4 Å². The van der Waals surface area contributed by atoms with Crippen LogP contribution in [-0.4, -0.2) is 65.9 Å². The Hall–Kier alpha value is -1.34. The van der Waals surface area contributed by atoms with Crippen LogP contribution in [-0.2, 0) is 16.1 Å². The second-order valence-corrected chi connectivity index (χ2v) is 9.54. The van der Waals surface area contributed by atoms with E-state index in [4.69, 9.17) is 0 Å². The molecule has 0 saturated carbocycles. The highest BCUT2D eigenvalue weighted by Crippen LogP contribution is 2.33. The van der Waals surface area contributed by atoms with Gasteiger partial charge in [0.15, 0.2) is 0 Å². The molecule has 6 nitrogen and oxygen atoms in total. The van der Waals surface area contributed by atoms with E-state index in [0.717, 1.165) is 58.4 Å². The van der Waals surface area contributed by atoms with Gasteiger partial charge >= 0.3 is 0 Å². The molecular formula is C24H38Cl2N4O2. The molecule has 3 aliphatic rings. The van der Waals surface area contributed by atoms with Crippen molar-refractivity contribution in [2.75, 3.05) is 26.2 Å². The summed E-state index contributed by atoms with van der Waals surface area (Å²) in [7, 11) is 0. The fraction of sp³-hybridized carbons (Fsp3) is 0.667. The molecule has 8 heteroatoms. The van der Waals surface area contributed by atoms with Crippen molar-refractivity contribution in [1.29, 1.82) is 0 Å². The summed E-state index contributed by atoms with van der Waals surface area (Å²) in [6, 6.07) is 10.2. The average Bonchev–Trinajstić information content (AvgIpc) is 3.42. The van der Waals surface area contributed by atoms with Gasteiger partial charge in [-0.25, -0.2) is 0 Å². The number of benzene rings is 1. The number of halogens is 2. The molecule has 2 unspecified atom stereocenters. The highest BCUT2D eigenvalue weighted by atomic mass is 35.5. The van der Waals surface area contributed by atoms with Crippen molar-refractivity contribution < 1.29 is 9.59 Å². The molecule has 1 aromatic rings. The summed E-state index contributed by atoms with van der Waals surface area (Å²) in [5.41, 5.74) is 1.32. The van der Waals surface area contributed by atoms with Gasteiger partial charge in [-0.3, -0.25) is 14.5 Å². The Morgan fingerprint density at radius 1 is 1.09 bits per heavy atom. The minimum Gasteiger partial charge on any atom is -0.343 e. The summed E-state index contributed by atoms with van der Waals surface area (Å²) in [6.07, 6.45) is 4.10. The summed E-state index contributed by atoms with van der Waals surface area (Å²) in [6.45, 7) is 8.70. The van der Waals surface area contributed by atoms with Gasteiger partial charge in [0.05, 0.1) is 6.04 Å². The predicted octanol–water partition coefficient (Wildman–Crippen LogP) is 2.85. The molecule has 0 spiro atoms. The van der Waals surface area contributed by atoms with E-state index >= 15 is 0 Å². The number of hydrogen-bond acceptors (Lipinski definition) is 4. The van der Waals surface area contributed by atoms with Crippen LogP contribution in [0.25, 0.3) is 0 Å². The molecule has 0 aliphatic carbocycles. The summed E-state index contributed by atoms with van der Waals surface area (Å²) in [5.74, 6) is 0.738. The topological polar surface area (TPSA) is 64.7 Å². The number of carbonyl (C=O) groups excluding carboxylic acids is 2. The van der Waals surface area contributed by atoms with Crippen molar-refractivity contribution in [3.63, 3.8) is 0 Å². The average molecular weight is 486 g/mol. The first kappa shape index (κ1) is 26.9. The number of hydrogen-bond donors (Lipinski definition) is 2. The maximum atomic E-state index is 13.5.